The zero-order valence-electron chi connectivity index (χ0n) is 15.6. The van der Waals surface area contributed by atoms with Crippen LogP contribution in [0.4, 0.5) is 18.9 Å². The molecule has 146 valence electrons. The minimum absolute atomic E-state index is 0.0414. The highest BCUT2D eigenvalue weighted by Gasteiger charge is 2.34. The molecular weight excluding hydrogens is 377 g/mol. The maximum absolute atomic E-state index is 13.2. The lowest BCUT2D eigenvalue weighted by Crippen LogP contribution is -2.39. The molecule has 2 rings (SSSR count). The number of carbonyl (C=O) groups is 1. The van der Waals surface area contributed by atoms with Crippen molar-refractivity contribution in [3.05, 3.63) is 63.7 Å². The Labute approximate surface area is 162 Å². The highest BCUT2D eigenvalue weighted by Crippen LogP contribution is 2.36. The van der Waals surface area contributed by atoms with Crippen LogP contribution in [0.15, 0.2) is 36.4 Å². The van der Waals surface area contributed by atoms with E-state index in [2.05, 4.69) is 11.4 Å². The number of likely N-dealkylation sites (N-methyl/N-ethyl adjacent to an activating group) is 1. The molecule has 3 nitrogen and oxygen atoms in total. The van der Waals surface area contributed by atoms with Gasteiger partial charge in [0.05, 0.1) is 17.3 Å². The molecule has 0 spiro atoms. The Morgan fingerprint density at radius 1 is 1.19 bits per heavy atom. The van der Waals surface area contributed by atoms with Crippen LogP contribution in [0.2, 0.25) is 5.02 Å². The molecule has 0 saturated heterocycles. The normalized spacial score (nSPS) is 12.9. The number of aryl methyl sites for hydroxylation is 2. The summed E-state index contributed by atoms with van der Waals surface area (Å²) in [5.41, 5.74) is 2.04. The van der Waals surface area contributed by atoms with Crippen LogP contribution in [-0.2, 0) is 17.5 Å². The smallest absolute Gasteiger partial charge is 0.324 e. The quantitative estimate of drug-likeness (QED) is 0.727. The van der Waals surface area contributed by atoms with Crippen molar-refractivity contribution >= 4 is 23.2 Å². The van der Waals surface area contributed by atoms with Gasteiger partial charge in [-0.3, -0.25) is 9.69 Å². The van der Waals surface area contributed by atoms with E-state index < -0.39 is 23.7 Å². The lowest BCUT2D eigenvalue weighted by atomic mass is 10.0. The van der Waals surface area contributed by atoms with E-state index >= 15 is 0 Å². The van der Waals surface area contributed by atoms with E-state index in [1.54, 1.807) is 18.9 Å². The number of halogens is 4. The Morgan fingerprint density at radius 2 is 1.85 bits per heavy atom. The van der Waals surface area contributed by atoms with Crippen LogP contribution >= 0.6 is 11.6 Å². The number of anilines is 1. The maximum Gasteiger partial charge on any atom is 0.418 e. The van der Waals surface area contributed by atoms with Crippen LogP contribution < -0.4 is 5.32 Å². The first-order valence-corrected chi connectivity index (χ1v) is 8.81. The first-order chi connectivity index (χ1) is 12.5. The van der Waals surface area contributed by atoms with Gasteiger partial charge >= 0.3 is 6.18 Å². The summed E-state index contributed by atoms with van der Waals surface area (Å²) in [5, 5.41) is 2.33. The van der Waals surface area contributed by atoms with Crippen molar-refractivity contribution in [3.8, 4) is 0 Å². The lowest BCUT2D eigenvalue weighted by molar-refractivity contribution is -0.137. The molecule has 0 aromatic heterocycles. The first kappa shape index (κ1) is 21.3. The van der Waals surface area contributed by atoms with Gasteiger partial charge in [-0.25, -0.2) is 0 Å². The summed E-state index contributed by atoms with van der Waals surface area (Å²) in [7, 11) is 1.76. The van der Waals surface area contributed by atoms with Gasteiger partial charge in [0.15, 0.2) is 0 Å². The summed E-state index contributed by atoms with van der Waals surface area (Å²) < 4.78 is 39.5. The molecule has 0 radical (unpaired) electrons. The molecule has 0 aliphatic rings. The zero-order chi connectivity index (χ0) is 20.4. The summed E-state index contributed by atoms with van der Waals surface area (Å²) in [6.07, 6.45) is -4.61. The molecule has 7 heteroatoms. The summed E-state index contributed by atoms with van der Waals surface area (Å²) in [6.45, 7) is 6.15. The molecule has 0 fully saturated rings. The van der Waals surface area contributed by atoms with Crippen molar-refractivity contribution in [3.63, 3.8) is 0 Å². The summed E-state index contributed by atoms with van der Waals surface area (Å²) >= 11 is 5.67. The molecule has 0 saturated carbocycles. The fraction of sp³-hybridized carbons (Fsp3) is 0.350. The number of hydrogen-bond acceptors (Lipinski definition) is 2. The Kier molecular flexibility index (Phi) is 6.54. The van der Waals surface area contributed by atoms with E-state index in [0.29, 0.717) is 6.54 Å². The number of benzene rings is 2. The molecule has 1 atom stereocenters. The van der Waals surface area contributed by atoms with Gasteiger partial charge in [-0.15, -0.1) is 0 Å². The van der Waals surface area contributed by atoms with Gasteiger partial charge in [0.25, 0.3) is 0 Å². The lowest BCUT2D eigenvalue weighted by Gasteiger charge is -2.25. The van der Waals surface area contributed by atoms with E-state index in [-0.39, 0.29) is 10.7 Å². The van der Waals surface area contributed by atoms with Gasteiger partial charge in [-0.1, -0.05) is 35.4 Å². The van der Waals surface area contributed by atoms with Crippen LogP contribution in [0, 0.1) is 13.8 Å². The van der Waals surface area contributed by atoms with E-state index in [1.165, 1.54) is 12.1 Å². The van der Waals surface area contributed by atoms with Crippen LogP contribution in [-0.4, -0.2) is 23.9 Å². The number of carbonyl (C=O) groups excluding carboxylic acids is 1. The summed E-state index contributed by atoms with van der Waals surface area (Å²) in [6, 6.07) is 8.70. The van der Waals surface area contributed by atoms with E-state index in [4.69, 9.17) is 11.6 Å². The first-order valence-electron chi connectivity index (χ1n) is 8.43. The molecule has 1 N–H and O–H groups in total. The van der Waals surface area contributed by atoms with Crippen molar-refractivity contribution in [2.45, 2.75) is 39.5 Å². The second-order valence-corrected chi connectivity index (χ2v) is 7.13. The predicted molar refractivity (Wildman–Crippen MR) is 102 cm³/mol. The highest BCUT2D eigenvalue weighted by molar-refractivity contribution is 6.30. The molecule has 0 heterocycles. The zero-order valence-corrected chi connectivity index (χ0v) is 16.4. The number of rotatable bonds is 5. The van der Waals surface area contributed by atoms with Gasteiger partial charge < -0.3 is 5.32 Å². The third kappa shape index (κ3) is 5.47. The minimum atomic E-state index is -4.61. The average molecular weight is 399 g/mol. The summed E-state index contributed by atoms with van der Waals surface area (Å²) in [4.78, 5) is 14.3. The number of hydrogen-bond donors (Lipinski definition) is 1. The van der Waals surface area contributed by atoms with Crippen LogP contribution in [0.5, 0.6) is 0 Å². The van der Waals surface area contributed by atoms with E-state index in [9.17, 15) is 18.0 Å². The molecule has 2 aromatic carbocycles. The van der Waals surface area contributed by atoms with Crippen molar-refractivity contribution < 1.29 is 18.0 Å². The van der Waals surface area contributed by atoms with Crippen molar-refractivity contribution in [1.82, 2.24) is 4.90 Å². The maximum atomic E-state index is 13.2. The number of alkyl halides is 3. The summed E-state index contributed by atoms with van der Waals surface area (Å²) in [5.74, 6) is -0.518. The van der Waals surface area contributed by atoms with Gasteiger partial charge in [-0.2, -0.15) is 13.2 Å². The molecule has 27 heavy (non-hydrogen) atoms. The molecule has 0 aliphatic carbocycles. The number of nitrogens with zero attached hydrogens (tertiary/aromatic N) is 1. The number of nitrogens with one attached hydrogen (secondary N) is 1. The minimum Gasteiger partial charge on any atom is -0.324 e. The molecule has 0 aliphatic heterocycles. The van der Waals surface area contributed by atoms with Crippen molar-refractivity contribution in [2.24, 2.45) is 0 Å². The highest BCUT2D eigenvalue weighted by atomic mass is 35.5. The third-order valence-corrected chi connectivity index (χ3v) is 4.74. The van der Waals surface area contributed by atoms with Crippen LogP contribution in [0.3, 0.4) is 0 Å². The number of amides is 1. The molecular formula is C20H22ClF3N2O. The predicted octanol–water partition coefficient (Wildman–Crippen LogP) is 5.43. The Bertz CT molecular complexity index is 836. The van der Waals surface area contributed by atoms with Crippen LogP contribution in [0.1, 0.15) is 29.2 Å². The van der Waals surface area contributed by atoms with Gasteiger partial charge in [-0.05, 0) is 57.1 Å². The van der Waals surface area contributed by atoms with Crippen molar-refractivity contribution in [2.75, 3.05) is 12.4 Å². The SMILES string of the molecule is Cc1ccc(CN(C)[C@@H](C)C(=O)Nc2ccc(Cl)cc2C(F)(F)F)c(C)c1. The van der Waals surface area contributed by atoms with E-state index in [1.807, 2.05) is 26.0 Å². The fourth-order valence-corrected chi connectivity index (χ4v) is 2.90. The Morgan fingerprint density at radius 3 is 2.44 bits per heavy atom. The van der Waals surface area contributed by atoms with Gasteiger partial charge in [0, 0.05) is 11.6 Å². The van der Waals surface area contributed by atoms with Crippen LogP contribution in [0.25, 0.3) is 0 Å². The van der Waals surface area contributed by atoms with E-state index in [0.717, 1.165) is 22.8 Å². The van der Waals surface area contributed by atoms with Gasteiger partial charge in [0.2, 0.25) is 5.91 Å². The second-order valence-electron chi connectivity index (χ2n) is 6.70. The standard InChI is InChI=1S/C20H22ClF3N2O/c1-12-5-6-15(13(2)9-12)11-26(4)14(3)19(27)25-18-8-7-16(21)10-17(18)20(22,23)24/h5-10,14H,11H2,1-4H3,(H,25,27)/t14-/m0/s1. The molecule has 1 amide bonds. The Balaban J connectivity index is 2.13. The molecule has 0 unspecified atom stereocenters. The van der Waals surface area contributed by atoms with Crippen molar-refractivity contribution in [1.29, 1.82) is 0 Å². The Hall–Kier alpha value is -2.05. The molecule has 2 aromatic rings. The largest absolute Gasteiger partial charge is 0.418 e. The second kappa shape index (κ2) is 8.31. The van der Waals surface area contributed by atoms with Gasteiger partial charge in [0.1, 0.15) is 0 Å². The third-order valence-electron chi connectivity index (χ3n) is 4.50. The fourth-order valence-electron chi connectivity index (χ4n) is 2.73. The average Bonchev–Trinajstić information content (AvgIpc) is 2.57. The topological polar surface area (TPSA) is 32.3 Å². The molecule has 0 bridgehead atoms. The monoisotopic (exact) mass is 398 g/mol.